The van der Waals surface area contributed by atoms with Crippen LogP contribution in [-0.4, -0.2) is 22.9 Å². The number of benzene rings is 1. The van der Waals surface area contributed by atoms with E-state index < -0.39 is 12.0 Å². The van der Waals surface area contributed by atoms with Crippen LogP contribution in [0, 0.1) is 6.92 Å². The molecule has 1 aliphatic rings. The molecule has 1 unspecified atom stereocenters. The molecule has 3 nitrogen and oxygen atoms in total. The van der Waals surface area contributed by atoms with Crippen LogP contribution in [0.2, 0.25) is 5.02 Å². The Labute approximate surface area is 103 Å². The van der Waals surface area contributed by atoms with Gasteiger partial charge in [-0.3, -0.25) is 10.1 Å². The lowest BCUT2D eigenvalue weighted by Gasteiger charge is -2.14. The van der Waals surface area contributed by atoms with Crippen LogP contribution in [0.25, 0.3) is 0 Å². The van der Waals surface area contributed by atoms with Crippen molar-refractivity contribution in [3.8, 4) is 0 Å². The number of hydrogen-bond acceptors (Lipinski definition) is 3. The highest BCUT2D eigenvalue weighted by atomic mass is 35.5. The van der Waals surface area contributed by atoms with Crippen LogP contribution < -0.4 is 5.32 Å². The van der Waals surface area contributed by atoms with Crippen molar-refractivity contribution >= 4 is 29.3 Å². The van der Waals surface area contributed by atoms with Crippen LogP contribution >= 0.6 is 23.4 Å². The summed E-state index contributed by atoms with van der Waals surface area (Å²) in [7, 11) is 0. The molecule has 0 aromatic heterocycles. The molecule has 5 heteroatoms. The largest absolute Gasteiger partial charge is 0.480 e. The minimum Gasteiger partial charge on any atom is -0.480 e. The highest BCUT2D eigenvalue weighted by Crippen LogP contribution is 2.35. The normalized spacial score (nSPS) is 24.6. The first kappa shape index (κ1) is 11.8. The van der Waals surface area contributed by atoms with Gasteiger partial charge in [0.05, 0.1) is 5.37 Å². The topological polar surface area (TPSA) is 49.3 Å². The zero-order valence-electron chi connectivity index (χ0n) is 8.74. The smallest absolute Gasteiger partial charge is 0.321 e. The van der Waals surface area contributed by atoms with Gasteiger partial charge in [-0.1, -0.05) is 17.7 Å². The Morgan fingerprint density at radius 3 is 2.94 bits per heavy atom. The molecule has 1 saturated heterocycles. The number of hydrogen-bond donors (Lipinski definition) is 2. The van der Waals surface area contributed by atoms with Crippen molar-refractivity contribution in [2.45, 2.75) is 18.3 Å². The van der Waals surface area contributed by atoms with Crippen molar-refractivity contribution in [1.82, 2.24) is 5.32 Å². The lowest BCUT2D eigenvalue weighted by Crippen LogP contribution is -2.33. The number of aryl methyl sites for hydroxylation is 1. The summed E-state index contributed by atoms with van der Waals surface area (Å²) in [5, 5.41) is 12.7. The van der Waals surface area contributed by atoms with Gasteiger partial charge in [0.15, 0.2) is 0 Å². The predicted molar refractivity (Wildman–Crippen MR) is 65.9 cm³/mol. The molecule has 2 atom stereocenters. The Kier molecular flexibility index (Phi) is 3.42. The zero-order chi connectivity index (χ0) is 11.7. The average Bonchev–Trinajstić information content (AvgIpc) is 2.66. The molecule has 86 valence electrons. The van der Waals surface area contributed by atoms with Crippen molar-refractivity contribution in [1.29, 1.82) is 0 Å². The molecule has 1 aromatic rings. The lowest BCUT2D eigenvalue weighted by atomic mass is 10.1. The average molecular weight is 258 g/mol. The summed E-state index contributed by atoms with van der Waals surface area (Å²) in [5.41, 5.74) is 2.20. The van der Waals surface area contributed by atoms with Crippen LogP contribution in [0.1, 0.15) is 16.5 Å². The van der Waals surface area contributed by atoms with Crippen molar-refractivity contribution in [3.05, 3.63) is 34.3 Å². The number of carboxylic acid groups (broad SMARTS) is 1. The van der Waals surface area contributed by atoms with Crippen molar-refractivity contribution in [3.63, 3.8) is 0 Å². The molecule has 16 heavy (non-hydrogen) atoms. The molecule has 0 spiro atoms. The van der Waals surface area contributed by atoms with Gasteiger partial charge >= 0.3 is 5.97 Å². The molecule has 0 aliphatic carbocycles. The van der Waals surface area contributed by atoms with Crippen molar-refractivity contribution < 1.29 is 9.90 Å². The standard InChI is InChI=1S/C11H12ClNO2S/c1-6-4-7(12)2-3-8(6)10-13-9(5-16-10)11(14)15/h2-4,9-10,13H,5H2,1H3,(H,14,15)/t9-,10?/m0/s1. The summed E-state index contributed by atoms with van der Waals surface area (Å²) in [6.45, 7) is 1.98. The Morgan fingerprint density at radius 1 is 1.62 bits per heavy atom. The summed E-state index contributed by atoms with van der Waals surface area (Å²) in [5.74, 6) is -0.191. The molecular formula is C11H12ClNO2S. The van der Waals surface area contributed by atoms with Crippen LogP contribution in [-0.2, 0) is 4.79 Å². The van der Waals surface area contributed by atoms with Gasteiger partial charge in [-0.2, -0.15) is 0 Å². The number of aliphatic carboxylic acids is 1. The molecule has 0 bridgehead atoms. The van der Waals surface area contributed by atoms with E-state index in [-0.39, 0.29) is 5.37 Å². The first-order chi connectivity index (χ1) is 7.58. The molecule has 0 radical (unpaired) electrons. The van der Waals surface area contributed by atoms with E-state index in [1.165, 1.54) is 0 Å². The lowest BCUT2D eigenvalue weighted by molar-refractivity contribution is -0.138. The van der Waals surface area contributed by atoms with E-state index in [9.17, 15) is 4.79 Å². The zero-order valence-corrected chi connectivity index (χ0v) is 10.3. The van der Waals surface area contributed by atoms with Gasteiger partial charge in [0, 0.05) is 10.8 Å². The molecular weight excluding hydrogens is 246 g/mol. The van der Waals surface area contributed by atoms with E-state index in [0.29, 0.717) is 10.8 Å². The monoisotopic (exact) mass is 257 g/mol. The number of halogens is 1. The third kappa shape index (κ3) is 2.34. The highest BCUT2D eigenvalue weighted by Gasteiger charge is 2.30. The number of nitrogens with one attached hydrogen (secondary N) is 1. The Morgan fingerprint density at radius 2 is 2.38 bits per heavy atom. The first-order valence-electron chi connectivity index (χ1n) is 4.94. The number of rotatable bonds is 2. The second-order valence-electron chi connectivity index (χ2n) is 3.77. The van der Waals surface area contributed by atoms with Crippen molar-refractivity contribution in [2.75, 3.05) is 5.75 Å². The summed E-state index contributed by atoms with van der Waals surface area (Å²) in [4.78, 5) is 10.8. The fourth-order valence-corrected chi connectivity index (χ4v) is 3.28. The molecule has 1 heterocycles. The molecule has 0 amide bonds. The third-order valence-corrected chi connectivity index (χ3v) is 4.08. The highest BCUT2D eigenvalue weighted by molar-refractivity contribution is 7.99. The predicted octanol–water partition coefficient (Wildman–Crippen LogP) is 2.44. The maximum absolute atomic E-state index is 10.8. The number of thioether (sulfide) groups is 1. The van der Waals surface area contributed by atoms with Gasteiger partial charge in [0.25, 0.3) is 0 Å². The second kappa shape index (κ2) is 4.65. The quantitative estimate of drug-likeness (QED) is 0.855. The minimum absolute atomic E-state index is 0.0540. The van der Waals surface area contributed by atoms with Gasteiger partial charge in [0.2, 0.25) is 0 Å². The first-order valence-corrected chi connectivity index (χ1v) is 6.37. The number of carboxylic acids is 1. The second-order valence-corrected chi connectivity index (χ2v) is 5.35. The van der Waals surface area contributed by atoms with E-state index in [4.69, 9.17) is 16.7 Å². The summed E-state index contributed by atoms with van der Waals surface area (Å²) < 4.78 is 0. The van der Waals surface area contributed by atoms with E-state index in [1.807, 2.05) is 25.1 Å². The summed E-state index contributed by atoms with van der Waals surface area (Å²) in [6, 6.07) is 5.23. The Bertz CT molecular complexity index is 424. The molecule has 1 aromatic carbocycles. The molecule has 1 fully saturated rings. The molecule has 0 saturated carbocycles. The van der Waals surface area contributed by atoms with Gasteiger partial charge in [-0.15, -0.1) is 11.8 Å². The molecule has 2 N–H and O–H groups in total. The van der Waals surface area contributed by atoms with Gasteiger partial charge < -0.3 is 5.11 Å². The van der Waals surface area contributed by atoms with Crippen LogP contribution in [0.15, 0.2) is 18.2 Å². The van der Waals surface area contributed by atoms with Crippen molar-refractivity contribution in [2.24, 2.45) is 0 Å². The third-order valence-electron chi connectivity index (χ3n) is 2.59. The molecule has 1 aliphatic heterocycles. The maximum Gasteiger partial charge on any atom is 0.321 e. The summed E-state index contributed by atoms with van der Waals surface area (Å²) in [6.07, 6.45) is 0. The Balaban J connectivity index is 2.17. The Hall–Kier alpha value is -0.710. The minimum atomic E-state index is -0.790. The summed E-state index contributed by atoms with van der Waals surface area (Å²) >= 11 is 7.50. The fourth-order valence-electron chi connectivity index (χ4n) is 1.73. The van der Waals surface area contributed by atoms with E-state index >= 15 is 0 Å². The van der Waals surface area contributed by atoms with E-state index in [2.05, 4.69) is 5.32 Å². The maximum atomic E-state index is 10.8. The van der Waals surface area contributed by atoms with Gasteiger partial charge in [-0.25, -0.2) is 0 Å². The van der Waals surface area contributed by atoms with E-state index in [0.717, 1.165) is 11.1 Å². The molecule has 2 rings (SSSR count). The fraction of sp³-hybridized carbons (Fsp3) is 0.364. The van der Waals surface area contributed by atoms with Gasteiger partial charge in [0.1, 0.15) is 6.04 Å². The van der Waals surface area contributed by atoms with E-state index in [1.54, 1.807) is 11.8 Å². The van der Waals surface area contributed by atoms with Crippen LogP contribution in [0.4, 0.5) is 0 Å². The number of carbonyl (C=O) groups is 1. The van der Waals surface area contributed by atoms with Gasteiger partial charge in [-0.05, 0) is 30.2 Å². The van der Waals surface area contributed by atoms with Crippen LogP contribution in [0.5, 0.6) is 0 Å². The van der Waals surface area contributed by atoms with Crippen LogP contribution in [0.3, 0.4) is 0 Å². The SMILES string of the molecule is Cc1cc(Cl)ccc1C1N[C@H](C(=O)O)CS1.